The molecule has 0 aliphatic rings. The van der Waals surface area contributed by atoms with Gasteiger partial charge in [-0.3, -0.25) is 0 Å². The summed E-state index contributed by atoms with van der Waals surface area (Å²) in [5.41, 5.74) is 2.90. The van der Waals surface area contributed by atoms with Crippen molar-refractivity contribution in [2.45, 2.75) is 18.4 Å². The van der Waals surface area contributed by atoms with Crippen molar-refractivity contribution in [2.24, 2.45) is 0 Å². The SMILES string of the molecule is Cc1ccc(S(=O)(=O)N(C#Cc2cn(Cc3ccccc3)nn2)c2ccccc2)cc1. The van der Waals surface area contributed by atoms with Gasteiger partial charge in [-0.2, -0.15) is 4.31 Å². The van der Waals surface area contributed by atoms with Gasteiger partial charge in [0.25, 0.3) is 10.0 Å². The highest BCUT2D eigenvalue weighted by Gasteiger charge is 2.23. The topological polar surface area (TPSA) is 68.1 Å². The molecule has 0 bridgehead atoms. The fourth-order valence-corrected chi connectivity index (χ4v) is 4.21. The van der Waals surface area contributed by atoms with E-state index in [9.17, 15) is 8.42 Å². The summed E-state index contributed by atoms with van der Waals surface area (Å²) in [6.45, 7) is 2.46. The molecule has 1 aromatic heterocycles. The summed E-state index contributed by atoms with van der Waals surface area (Å²) < 4.78 is 29.3. The van der Waals surface area contributed by atoms with Crippen LogP contribution in [0.4, 0.5) is 5.69 Å². The molecule has 6 nitrogen and oxygen atoms in total. The summed E-state index contributed by atoms with van der Waals surface area (Å²) in [5.74, 6) is 2.84. The Labute approximate surface area is 181 Å². The number of anilines is 1. The second-order valence-corrected chi connectivity index (χ2v) is 8.73. The molecule has 0 spiro atoms. The third-order valence-electron chi connectivity index (χ3n) is 4.56. The minimum absolute atomic E-state index is 0.170. The predicted molar refractivity (Wildman–Crippen MR) is 120 cm³/mol. The van der Waals surface area contributed by atoms with Crippen LogP contribution in [-0.4, -0.2) is 23.4 Å². The number of nitrogens with zero attached hydrogens (tertiary/aromatic N) is 4. The van der Waals surface area contributed by atoms with Crippen LogP contribution in [0.2, 0.25) is 0 Å². The molecule has 0 radical (unpaired) electrons. The van der Waals surface area contributed by atoms with Gasteiger partial charge in [0.2, 0.25) is 0 Å². The van der Waals surface area contributed by atoms with Crippen molar-refractivity contribution in [1.29, 1.82) is 0 Å². The van der Waals surface area contributed by atoms with E-state index >= 15 is 0 Å². The minimum atomic E-state index is -3.88. The van der Waals surface area contributed by atoms with Crippen molar-refractivity contribution in [3.8, 4) is 12.0 Å². The fraction of sp³-hybridized carbons (Fsp3) is 0.0833. The van der Waals surface area contributed by atoms with E-state index in [0.717, 1.165) is 15.4 Å². The quantitative estimate of drug-likeness (QED) is 0.358. The van der Waals surface area contributed by atoms with E-state index in [4.69, 9.17) is 0 Å². The summed E-state index contributed by atoms with van der Waals surface area (Å²) in [5, 5.41) is 8.15. The predicted octanol–water partition coefficient (Wildman–Crippen LogP) is 3.84. The molecule has 7 heteroatoms. The normalized spacial score (nSPS) is 10.9. The number of aryl methyl sites for hydroxylation is 1. The number of rotatable bonds is 5. The number of hydrogen-bond donors (Lipinski definition) is 0. The Balaban J connectivity index is 1.66. The van der Waals surface area contributed by atoms with Gasteiger partial charge in [-0.1, -0.05) is 71.4 Å². The highest BCUT2D eigenvalue weighted by molar-refractivity contribution is 7.93. The Morgan fingerprint density at radius 1 is 0.903 bits per heavy atom. The van der Waals surface area contributed by atoms with Crippen LogP contribution < -0.4 is 4.31 Å². The third-order valence-corrected chi connectivity index (χ3v) is 6.21. The zero-order valence-electron chi connectivity index (χ0n) is 16.9. The van der Waals surface area contributed by atoms with Gasteiger partial charge in [0.1, 0.15) is 0 Å². The van der Waals surface area contributed by atoms with Gasteiger partial charge in [-0.25, -0.2) is 13.1 Å². The first-order valence-electron chi connectivity index (χ1n) is 9.65. The number of aromatic nitrogens is 3. The van der Waals surface area contributed by atoms with E-state index in [1.54, 1.807) is 59.4 Å². The van der Waals surface area contributed by atoms with E-state index in [1.807, 2.05) is 43.3 Å². The van der Waals surface area contributed by atoms with E-state index in [1.165, 1.54) is 0 Å². The zero-order valence-corrected chi connectivity index (χ0v) is 17.7. The second kappa shape index (κ2) is 8.86. The number of sulfonamides is 1. The van der Waals surface area contributed by atoms with Crippen LogP contribution in [0.3, 0.4) is 0 Å². The van der Waals surface area contributed by atoms with E-state index in [2.05, 4.69) is 22.3 Å². The third kappa shape index (κ3) is 4.82. The highest BCUT2D eigenvalue weighted by atomic mass is 32.2. The van der Waals surface area contributed by atoms with Crippen LogP contribution in [0.1, 0.15) is 16.8 Å². The van der Waals surface area contributed by atoms with Crippen LogP contribution >= 0.6 is 0 Å². The van der Waals surface area contributed by atoms with Gasteiger partial charge in [0.05, 0.1) is 23.3 Å². The van der Waals surface area contributed by atoms with Crippen molar-refractivity contribution in [1.82, 2.24) is 15.0 Å². The molecule has 0 saturated carbocycles. The van der Waals surface area contributed by atoms with Crippen molar-refractivity contribution < 1.29 is 8.42 Å². The zero-order chi connectivity index (χ0) is 21.7. The Morgan fingerprint density at radius 2 is 1.55 bits per heavy atom. The molecular weight excluding hydrogens is 408 g/mol. The van der Waals surface area contributed by atoms with Crippen molar-refractivity contribution in [2.75, 3.05) is 4.31 Å². The van der Waals surface area contributed by atoms with Gasteiger partial charge < -0.3 is 0 Å². The number of para-hydroxylation sites is 1. The number of benzene rings is 3. The van der Waals surface area contributed by atoms with Crippen LogP contribution in [0, 0.1) is 18.9 Å². The Bertz CT molecular complexity index is 1320. The maximum atomic E-state index is 13.3. The van der Waals surface area contributed by atoms with Crippen LogP contribution in [0.25, 0.3) is 0 Å². The molecule has 0 aliphatic carbocycles. The molecule has 0 fully saturated rings. The molecule has 0 atom stereocenters. The molecule has 0 N–H and O–H groups in total. The molecular formula is C24H20N4O2S. The summed E-state index contributed by atoms with van der Waals surface area (Å²) in [6, 6.07) is 28.1. The van der Waals surface area contributed by atoms with Gasteiger partial charge in [-0.15, -0.1) is 5.10 Å². The first-order valence-corrected chi connectivity index (χ1v) is 11.1. The van der Waals surface area contributed by atoms with Gasteiger partial charge in [-0.05, 0) is 42.7 Å². The monoisotopic (exact) mass is 428 g/mol. The first kappa shape index (κ1) is 20.4. The second-order valence-electron chi connectivity index (χ2n) is 6.94. The number of hydrogen-bond acceptors (Lipinski definition) is 4. The fourth-order valence-electron chi connectivity index (χ4n) is 2.95. The lowest BCUT2D eigenvalue weighted by atomic mass is 10.2. The lowest BCUT2D eigenvalue weighted by molar-refractivity contribution is 0.596. The minimum Gasteiger partial charge on any atom is -0.247 e. The van der Waals surface area contributed by atoms with E-state index in [-0.39, 0.29) is 4.90 Å². The summed E-state index contributed by atoms with van der Waals surface area (Å²) in [7, 11) is -3.88. The van der Waals surface area contributed by atoms with Crippen LogP contribution in [0.15, 0.2) is 96.0 Å². The molecule has 4 rings (SSSR count). The molecule has 0 saturated heterocycles. The van der Waals surface area contributed by atoms with E-state index < -0.39 is 10.0 Å². The summed E-state index contributed by atoms with van der Waals surface area (Å²) >= 11 is 0. The maximum Gasteiger partial charge on any atom is 0.275 e. The van der Waals surface area contributed by atoms with Crippen molar-refractivity contribution >= 4 is 15.7 Å². The molecule has 154 valence electrons. The molecule has 0 amide bonds. The molecule has 4 aromatic rings. The highest BCUT2D eigenvalue weighted by Crippen LogP contribution is 2.23. The van der Waals surface area contributed by atoms with Crippen LogP contribution in [-0.2, 0) is 16.6 Å². The Hall–Kier alpha value is -3.89. The molecule has 3 aromatic carbocycles. The first-order chi connectivity index (χ1) is 15.0. The maximum absolute atomic E-state index is 13.3. The standard InChI is InChI=1S/C24H20N4O2S/c1-20-12-14-24(15-13-20)31(29,30)28(23-10-6-3-7-11-23)17-16-22-19-27(26-25-22)18-21-8-4-2-5-9-21/h2-15,19H,18H2,1H3. The lowest BCUT2D eigenvalue weighted by Crippen LogP contribution is -2.26. The summed E-state index contributed by atoms with van der Waals surface area (Å²) in [4.78, 5) is 0.170. The van der Waals surface area contributed by atoms with Gasteiger partial charge >= 0.3 is 0 Å². The average Bonchev–Trinajstić information content (AvgIpc) is 3.22. The van der Waals surface area contributed by atoms with E-state index in [0.29, 0.717) is 17.9 Å². The Morgan fingerprint density at radius 3 is 2.23 bits per heavy atom. The van der Waals surface area contributed by atoms with Crippen molar-refractivity contribution in [3.63, 3.8) is 0 Å². The van der Waals surface area contributed by atoms with Crippen molar-refractivity contribution in [3.05, 3.63) is 108 Å². The molecule has 0 aliphatic heterocycles. The van der Waals surface area contributed by atoms with Crippen LogP contribution in [0.5, 0.6) is 0 Å². The smallest absolute Gasteiger partial charge is 0.247 e. The molecule has 31 heavy (non-hydrogen) atoms. The Kier molecular flexibility index (Phi) is 5.83. The van der Waals surface area contributed by atoms with Gasteiger partial charge in [0.15, 0.2) is 5.69 Å². The molecule has 1 heterocycles. The summed E-state index contributed by atoms with van der Waals surface area (Å²) in [6.07, 6.45) is 1.70. The lowest BCUT2D eigenvalue weighted by Gasteiger charge is -2.18. The molecule has 0 unspecified atom stereocenters. The largest absolute Gasteiger partial charge is 0.275 e. The average molecular weight is 429 g/mol. The van der Waals surface area contributed by atoms with Gasteiger partial charge in [0, 0.05) is 6.04 Å².